The topological polar surface area (TPSA) is 6.48 Å². The highest BCUT2D eigenvalue weighted by Crippen LogP contribution is 2.56. The second kappa shape index (κ2) is 14.0. The minimum atomic E-state index is -0.0622. The number of hydrogen-bond acceptors (Lipinski definition) is 2. The van der Waals surface area contributed by atoms with E-state index in [1.807, 2.05) is 0 Å². The molecule has 3 aliphatic carbocycles. The molecule has 5 aliphatic rings. The van der Waals surface area contributed by atoms with Crippen molar-refractivity contribution in [3.05, 3.63) is 161 Å². The third kappa shape index (κ3) is 6.28. The van der Waals surface area contributed by atoms with E-state index in [2.05, 4.69) is 220 Å². The number of benzene rings is 7. The number of nitrogens with zero attached hydrogens (tertiary/aromatic N) is 2. The summed E-state index contributed by atoms with van der Waals surface area (Å²) in [6.07, 6.45) is 7.09. The third-order valence-corrected chi connectivity index (χ3v) is 18.2. The summed E-state index contributed by atoms with van der Waals surface area (Å²) in [4.78, 5) is 5.50. The molecular formula is C64H69BN2. The van der Waals surface area contributed by atoms with Crippen LogP contribution in [-0.4, -0.2) is 6.85 Å². The highest BCUT2D eigenvalue weighted by Gasteiger charge is 2.50. The fourth-order valence-corrected chi connectivity index (χ4v) is 13.6. The minimum absolute atomic E-state index is 0.0437. The molecule has 7 aromatic carbocycles. The molecule has 338 valence electrons. The first-order valence-corrected chi connectivity index (χ1v) is 25.5. The molecule has 0 saturated heterocycles. The lowest BCUT2D eigenvalue weighted by Gasteiger charge is -2.50. The Balaban J connectivity index is 1.23. The number of rotatable bonds is 3. The number of anilines is 5. The van der Waals surface area contributed by atoms with Crippen LogP contribution in [0.15, 0.2) is 127 Å². The molecular weight excluding hydrogens is 808 g/mol. The molecule has 2 nitrogen and oxygen atoms in total. The van der Waals surface area contributed by atoms with E-state index in [-0.39, 0.29) is 39.3 Å². The van der Waals surface area contributed by atoms with Gasteiger partial charge in [0, 0.05) is 34.0 Å². The van der Waals surface area contributed by atoms with Gasteiger partial charge in [-0.15, -0.1) is 0 Å². The molecule has 0 aromatic heterocycles. The fraction of sp³-hybridized carbons (Fsp3) is 0.375. The highest BCUT2D eigenvalue weighted by atomic mass is 15.2. The SMILES string of the molecule is CC1(C)CCC(C)(C)c2cc(N3c4cc5c(cc4B4c6c3cc3ccccc3c6-c3cc6c(cc3N4c3ccc(-c4ccccc4)cc3)C(C)(C)CCC6(C)C)C(C)(C)CCC5(C)C)ccc21. The maximum absolute atomic E-state index is 2.78. The van der Waals surface area contributed by atoms with Crippen LogP contribution >= 0.6 is 0 Å². The Morgan fingerprint density at radius 2 is 0.866 bits per heavy atom. The second-order valence-corrected chi connectivity index (χ2v) is 25.3. The van der Waals surface area contributed by atoms with E-state index >= 15 is 0 Å². The van der Waals surface area contributed by atoms with Gasteiger partial charge in [0.25, 0.3) is 0 Å². The van der Waals surface area contributed by atoms with Crippen LogP contribution in [-0.2, 0) is 32.5 Å². The number of hydrogen-bond donors (Lipinski definition) is 0. The molecule has 3 heteroatoms. The minimum Gasteiger partial charge on any atom is -0.376 e. The summed E-state index contributed by atoms with van der Waals surface area (Å²) in [7, 11) is 0. The van der Waals surface area contributed by atoms with E-state index in [4.69, 9.17) is 0 Å². The van der Waals surface area contributed by atoms with E-state index < -0.39 is 0 Å². The Hall–Kier alpha value is -5.54. The second-order valence-electron chi connectivity index (χ2n) is 25.3. The van der Waals surface area contributed by atoms with Crippen LogP contribution in [0.3, 0.4) is 0 Å². The van der Waals surface area contributed by atoms with Gasteiger partial charge in [-0.05, 0) is 191 Å². The smallest absolute Gasteiger partial charge is 0.333 e. The van der Waals surface area contributed by atoms with Crippen molar-refractivity contribution in [3.8, 4) is 22.3 Å². The maximum atomic E-state index is 2.78. The summed E-state index contributed by atoms with van der Waals surface area (Å²) in [5.74, 6) is 0. The zero-order chi connectivity index (χ0) is 46.8. The largest absolute Gasteiger partial charge is 0.376 e. The summed E-state index contributed by atoms with van der Waals surface area (Å²) in [6.45, 7) is 29.7. The predicted octanol–water partition coefficient (Wildman–Crippen LogP) is 16.3. The summed E-state index contributed by atoms with van der Waals surface area (Å²) >= 11 is 0. The van der Waals surface area contributed by atoms with Crippen LogP contribution in [0.4, 0.5) is 28.4 Å². The van der Waals surface area contributed by atoms with Crippen LogP contribution in [0, 0.1) is 0 Å². The van der Waals surface area contributed by atoms with Crippen molar-refractivity contribution >= 4 is 57.0 Å². The van der Waals surface area contributed by atoms with Crippen molar-refractivity contribution in [2.45, 2.75) is 154 Å². The van der Waals surface area contributed by atoms with Gasteiger partial charge >= 0.3 is 6.85 Å². The first kappa shape index (κ1) is 42.8. The van der Waals surface area contributed by atoms with Crippen molar-refractivity contribution in [3.63, 3.8) is 0 Å². The van der Waals surface area contributed by atoms with Gasteiger partial charge in [0.1, 0.15) is 0 Å². The van der Waals surface area contributed by atoms with Gasteiger partial charge in [-0.1, -0.05) is 162 Å². The van der Waals surface area contributed by atoms with Crippen LogP contribution in [0.1, 0.15) is 155 Å². The Kier molecular flexibility index (Phi) is 8.96. The van der Waals surface area contributed by atoms with Crippen molar-refractivity contribution in [2.75, 3.05) is 9.71 Å². The molecule has 7 aromatic rings. The lowest BCUT2D eigenvalue weighted by Crippen LogP contribution is -2.62. The molecule has 0 N–H and O–H groups in total. The standard InChI is InChI=1S/C64H69BN2/c1-59(2)28-29-60(3,4)48-35-44(26-27-47(48)59)66-55-39-52-50(62(7,8)31-33-64(52,11)12)37-53(55)65-58-56(66)34-42-20-16-17-21-45(42)57(58)46-36-49-51(63(9,10)32-30-61(49,5)6)38-54(46)67(65)43-24-22-41(23-25-43)40-18-14-13-15-19-40/h13-27,34-39H,28-33H2,1-12H3. The Morgan fingerprint density at radius 1 is 0.388 bits per heavy atom. The van der Waals surface area contributed by atoms with Crippen molar-refractivity contribution < 1.29 is 0 Å². The summed E-state index contributed by atoms with van der Waals surface area (Å²) in [6, 6.07) is 50.5. The average Bonchev–Trinajstić information content (AvgIpc) is 3.30. The molecule has 0 unspecified atom stereocenters. The van der Waals surface area contributed by atoms with Gasteiger partial charge < -0.3 is 9.71 Å². The summed E-state index contributed by atoms with van der Waals surface area (Å²) in [5.41, 5.74) is 24.0. The van der Waals surface area contributed by atoms with Crippen LogP contribution in [0.25, 0.3) is 33.0 Å². The molecule has 2 heterocycles. The molecule has 67 heavy (non-hydrogen) atoms. The highest BCUT2D eigenvalue weighted by molar-refractivity contribution is 6.94. The van der Waals surface area contributed by atoms with Crippen molar-refractivity contribution in [1.29, 1.82) is 0 Å². The average molecular weight is 877 g/mol. The van der Waals surface area contributed by atoms with E-state index in [1.165, 1.54) is 144 Å². The van der Waals surface area contributed by atoms with Crippen molar-refractivity contribution in [2.24, 2.45) is 0 Å². The molecule has 0 amide bonds. The molecule has 12 rings (SSSR count). The lowest BCUT2D eigenvalue weighted by atomic mass is 9.42. The first-order chi connectivity index (χ1) is 31.7. The van der Waals surface area contributed by atoms with E-state index in [1.54, 1.807) is 0 Å². The zero-order valence-electron chi connectivity index (χ0n) is 42.3. The van der Waals surface area contributed by atoms with Gasteiger partial charge in [-0.25, -0.2) is 0 Å². The van der Waals surface area contributed by atoms with Crippen LogP contribution in [0.5, 0.6) is 0 Å². The van der Waals surface area contributed by atoms with Gasteiger partial charge in [-0.3, -0.25) is 0 Å². The van der Waals surface area contributed by atoms with Crippen LogP contribution < -0.4 is 20.6 Å². The lowest BCUT2D eigenvalue weighted by molar-refractivity contribution is 0.332. The molecule has 0 saturated carbocycles. The molecule has 0 atom stereocenters. The quantitative estimate of drug-likeness (QED) is 0.163. The van der Waals surface area contributed by atoms with Crippen LogP contribution in [0.2, 0.25) is 0 Å². The third-order valence-electron chi connectivity index (χ3n) is 18.2. The zero-order valence-corrected chi connectivity index (χ0v) is 42.3. The molecule has 0 radical (unpaired) electrons. The van der Waals surface area contributed by atoms with Crippen molar-refractivity contribution in [1.82, 2.24) is 0 Å². The first-order valence-electron chi connectivity index (χ1n) is 25.5. The Bertz CT molecular complexity index is 3200. The monoisotopic (exact) mass is 877 g/mol. The maximum Gasteiger partial charge on any atom is 0.333 e. The predicted molar refractivity (Wildman–Crippen MR) is 289 cm³/mol. The fourth-order valence-electron chi connectivity index (χ4n) is 13.6. The Morgan fingerprint density at radius 3 is 1.48 bits per heavy atom. The van der Waals surface area contributed by atoms with E-state index in [0.717, 1.165) is 0 Å². The molecule has 2 aliphatic heterocycles. The summed E-state index contributed by atoms with van der Waals surface area (Å²) in [5, 5.41) is 2.64. The normalized spacial score (nSPS) is 20.5. The Labute approximate surface area is 401 Å². The van der Waals surface area contributed by atoms with Gasteiger partial charge in [0.2, 0.25) is 0 Å². The number of fused-ring (bicyclic) bond motifs is 9. The molecule has 0 bridgehead atoms. The molecule has 0 spiro atoms. The van der Waals surface area contributed by atoms with E-state index in [9.17, 15) is 0 Å². The van der Waals surface area contributed by atoms with Gasteiger partial charge in [0.05, 0.1) is 0 Å². The molecule has 0 fully saturated rings. The van der Waals surface area contributed by atoms with Gasteiger partial charge in [0.15, 0.2) is 0 Å². The summed E-state index contributed by atoms with van der Waals surface area (Å²) < 4.78 is 0. The van der Waals surface area contributed by atoms with E-state index in [0.29, 0.717) is 0 Å². The van der Waals surface area contributed by atoms with Gasteiger partial charge in [-0.2, -0.15) is 0 Å².